The van der Waals surface area contributed by atoms with Crippen LogP contribution >= 0.6 is 0 Å². The Balaban J connectivity index is 3.07. The van der Waals surface area contributed by atoms with Crippen molar-refractivity contribution in [2.75, 3.05) is 6.26 Å². The van der Waals surface area contributed by atoms with Crippen LogP contribution in [-0.2, 0) is 14.6 Å². The quantitative estimate of drug-likeness (QED) is 0.700. The molecule has 0 heterocycles. The third-order valence-corrected chi connectivity index (χ3v) is 4.85. The second-order valence-electron chi connectivity index (χ2n) is 3.69. The van der Waals surface area contributed by atoms with Crippen LogP contribution in [-0.4, -0.2) is 25.3 Å². The minimum atomic E-state index is -3.36. The van der Waals surface area contributed by atoms with Crippen molar-refractivity contribution in [2.24, 2.45) is 5.73 Å². The Morgan fingerprint density at radius 3 is 1.92 bits per heavy atom. The zero-order valence-corrected chi connectivity index (χ0v) is 8.56. The van der Waals surface area contributed by atoms with E-state index in [1.807, 2.05) is 0 Å². The predicted octanol–water partition coefficient (Wildman–Crippen LogP) is 0.219. The van der Waals surface area contributed by atoms with Crippen LogP contribution in [0.5, 0.6) is 0 Å². The summed E-state index contributed by atoms with van der Waals surface area (Å²) in [6, 6.07) is 0. The molecule has 4 nitrogen and oxygen atoms in total. The lowest BCUT2D eigenvalue weighted by molar-refractivity contribution is -0.121. The van der Waals surface area contributed by atoms with Crippen LogP contribution in [0.4, 0.5) is 0 Å². The molecule has 1 rings (SSSR count). The second kappa shape index (κ2) is 3.29. The molecule has 76 valence electrons. The summed E-state index contributed by atoms with van der Waals surface area (Å²) in [5.41, 5.74) is 5.17. The van der Waals surface area contributed by atoms with E-state index in [4.69, 9.17) is 5.73 Å². The molecule has 1 aliphatic carbocycles. The van der Waals surface area contributed by atoms with Crippen molar-refractivity contribution < 1.29 is 13.2 Å². The SMILES string of the molecule is CS(=O)(=O)C1(C(N)=O)CCCCC1. The standard InChI is InChI=1S/C8H15NO3S/c1-13(11,12)8(7(9)10)5-3-2-4-6-8/h2-6H2,1H3,(H2,9,10). The van der Waals surface area contributed by atoms with Gasteiger partial charge in [-0.2, -0.15) is 0 Å². The molecule has 1 aliphatic rings. The number of hydrogen-bond acceptors (Lipinski definition) is 3. The van der Waals surface area contributed by atoms with Crippen LogP contribution in [0.25, 0.3) is 0 Å². The van der Waals surface area contributed by atoms with Crippen molar-refractivity contribution in [1.29, 1.82) is 0 Å². The molecule has 0 aliphatic heterocycles. The smallest absolute Gasteiger partial charge is 0.238 e. The van der Waals surface area contributed by atoms with Gasteiger partial charge in [-0.1, -0.05) is 19.3 Å². The molecule has 0 radical (unpaired) electrons. The molecule has 1 saturated carbocycles. The maximum absolute atomic E-state index is 11.4. The Bertz CT molecular complexity index is 301. The summed E-state index contributed by atoms with van der Waals surface area (Å²) in [6.45, 7) is 0. The van der Waals surface area contributed by atoms with Crippen LogP contribution < -0.4 is 5.73 Å². The summed E-state index contributed by atoms with van der Waals surface area (Å²) in [6.07, 6.45) is 4.42. The predicted molar refractivity (Wildman–Crippen MR) is 49.9 cm³/mol. The molecule has 0 aromatic rings. The number of primary amides is 1. The van der Waals surface area contributed by atoms with E-state index in [9.17, 15) is 13.2 Å². The minimum absolute atomic E-state index is 0.390. The lowest BCUT2D eigenvalue weighted by Gasteiger charge is -2.32. The van der Waals surface area contributed by atoms with Crippen molar-refractivity contribution in [3.63, 3.8) is 0 Å². The molecule has 0 unspecified atom stereocenters. The third-order valence-electron chi connectivity index (χ3n) is 2.82. The van der Waals surface area contributed by atoms with E-state index in [1.54, 1.807) is 0 Å². The first kappa shape index (κ1) is 10.5. The van der Waals surface area contributed by atoms with Gasteiger partial charge in [-0.05, 0) is 12.8 Å². The summed E-state index contributed by atoms with van der Waals surface area (Å²) in [7, 11) is -3.36. The second-order valence-corrected chi connectivity index (χ2v) is 6.02. The summed E-state index contributed by atoms with van der Waals surface area (Å²) in [4.78, 5) is 11.2. The highest BCUT2D eigenvalue weighted by Crippen LogP contribution is 2.34. The Labute approximate surface area is 78.4 Å². The molecule has 0 bridgehead atoms. The maximum atomic E-state index is 11.4. The van der Waals surface area contributed by atoms with Gasteiger partial charge in [-0.25, -0.2) is 8.42 Å². The highest BCUT2D eigenvalue weighted by Gasteiger charge is 2.46. The fourth-order valence-electron chi connectivity index (χ4n) is 1.92. The third kappa shape index (κ3) is 1.70. The number of hydrogen-bond donors (Lipinski definition) is 1. The maximum Gasteiger partial charge on any atom is 0.238 e. The topological polar surface area (TPSA) is 77.2 Å². The zero-order valence-electron chi connectivity index (χ0n) is 7.75. The number of carbonyl (C=O) groups excluding carboxylic acids is 1. The van der Waals surface area contributed by atoms with Crippen LogP contribution in [0.1, 0.15) is 32.1 Å². The molecule has 0 spiro atoms. The van der Waals surface area contributed by atoms with Gasteiger partial charge in [0.25, 0.3) is 0 Å². The van der Waals surface area contributed by atoms with Crippen molar-refractivity contribution in [2.45, 2.75) is 36.9 Å². The Hall–Kier alpha value is -0.580. The lowest BCUT2D eigenvalue weighted by atomic mass is 9.88. The van der Waals surface area contributed by atoms with E-state index in [2.05, 4.69) is 0 Å². The van der Waals surface area contributed by atoms with Crippen molar-refractivity contribution in [3.05, 3.63) is 0 Å². The summed E-state index contributed by atoms with van der Waals surface area (Å²) in [5.74, 6) is -0.685. The van der Waals surface area contributed by atoms with Gasteiger partial charge in [-0.15, -0.1) is 0 Å². The van der Waals surface area contributed by atoms with E-state index in [0.29, 0.717) is 12.8 Å². The summed E-state index contributed by atoms with van der Waals surface area (Å²) < 4.78 is 21.6. The first-order chi connectivity index (χ1) is 5.90. The molecule has 0 atom stereocenters. The van der Waals surface area contributed by atoms with Gasteiger partial charge in [0.1, 0.15) is 4.75 Å². The van der Waals surface area contributed by atoms with E-state index >= 15 is 0 Å². The number of carbonyl (C=O) groups is 1. The van der Waals surface area contributed by atoms with Crippen LogP contribution in [0, 0.1) is 0 Å². The molecule has 0 aromatic heterocycles. The fraction of sp³-hybridized carbons (Fsp3) is 0.875. The molecule has 5 heteroatoms. The van der Waals surface area contributed by atoms with Crippen molar-refractivity contribution in [1.82, 2.24) is 0 Å². The van der Waals surface area contributed by atoms with Gasteiger partial charge in [0, 0.05) is 6.26 Å². The molecule has 13 heavy (non-hydrogen) atoms. The first-order valence-electron chi connectivity index (χ1n) is 4.40. The molecular weight excluding hydrogens is 190 g/mol. The van der Waals surface area contributed by atoms with E-state index < -0.39 is 20.5 Å². The average Bonchev–Trinajstić information content (AvgIpc) is 2.03. The summed E-state index contributed by atoms with van der Waals surface area (Å²) in [5, 5.41) is 0. The normalized spacial score (nSPS) is 22.5. The van der Waals surface area contributed by atoms with Crippen LogP contribution in [0.2, 0.25) is 0 Å². The Morgan fingerprint density at radius 1 is 1.23 bits per heavy atom. The zero-order chi connectivity index (χ0) is 10.1. The average molecular weight is 205 g/mol. The molecule has 1 fully saturated rings. The monoisotopic (exact) mass is 205 g/mol. The van der Waals surface area contributed by atoms with E-state index in [-0.39, 0.29) is 0 Å². The van der Waals surface area contributed by atoms with Gasteiger partial charge >= 0.3 is 0 Å². The number of rotatable bonds is 2. The molecule has 0 aromatic carbocycles. The van der Waals surface area contributed by atoms with E-state index in [0.717, 1.165) is 25.5 Å². The lowest BCUT2D eigenvalue weighted by Crippen LogP contribution is -2.51. The largest absolute Gasteiger partial charge is 0.368 e. The Morgan fingerprint density at radius 2 is 1.69 bits per heavy atom. The highest BCUT2D eigenvalue weighted by atomic mass is 32.2. The molecule has 2 N–H and O–H groups in total. The van der Waals surface area contributed by atoms with Gasteiger partial charge in [-0.3, -0.25) is 4.79 Å². The molecular formula is C8H15NO3S. The molecule has 1 amide bonds. The first-order valence-corrected chi connectivity index (χ1v) is 6.29. The molecule has 0 saturated heterocycles. The highest BCUT2D eigenvalue weighted by molar-refractivity contribution is 7.92. The van der Waals surface area contributed by atoms with Crippen LogP contribution in [0.15, 0.2) is 0 Å². The number of nitrogens with two attached hydrogens (primary N) is 1. The number of sulfone groups is 1. The van der Waals surface area contributed by atoms with Gasteiger partial charge < -0.3 is 5.73 Å². The Kier molecular flexibility index (Phi) is 2.66. The van der Waals surface area contributed by atoms with Gasteiger partial charge in [0.15, 0.2) is 9.84 Å². The summed E-state index contributed by atoms with van der Waals surface area (Å²) >= 11 is 0. The minimum Gasteiger partial charge on any atom is -0.368 e. The van der Waals surface area contributed by atoms with Gasteiger partial charge in [0.2, 0.25) is 5.91 Å². The van der Waals surface area contributed by atoms with Crippen LogP contribution in [0.3, 0.4) is 0 Å². The van der Waals surface area contributed by atoms with Crippen molar-refractivity contribution >= 4 is 15.7 Å². The fourth-order valence-corrected chi connectivity index (χ4v) is 3.32. The number of amides is 1. The van der Waals surface area contributed by atoms with Gasteiger partial charge in [0.05, 0.1) is 0 Å². The van der Waals surface area contributed by atoms with E-state index in [1.165, 1.54) is 0 Å². The van der Waals surface area contributed by atoms with Crippen molar-refractivity contribution in [3.8, 4) is 0 Å².